The molecule has 0 saturated heterocycles. The average molecular weight is 478 g/mol. The fourth-order valence-corrected chi connectivity index (χ4v) is 3.28. The van der Waals surface area contributed by atoms with Crippen molar-refractivity contribution in [3.63, 3.8) is 0 Å². The molecule has 2 rings (SSSR count). The summed E-state index contributed by atoms with van der Waals surface area (Å²) in [6, 6.07) is 7.39. The summed E-state index contributed by atoms with van der Waals surface area (Å²) in [6.45, 7) is 2.11. The van der Waals surface area contributed by atoms with E-state index >= 15 is 0 Å². The number of pyridine rings is 1. The number of nitrogens with zero attached hydrogens (tertiary/aromatic N) is 1. The van der Waals surface area contributed by atoms with Crippen LogP contribution in [0.2, 0.25) is 0 Å². The molecule has 0 atom stereocenters. The smallest absolute Gasteiger partial charge is 0.389 e. The Balaban J connectivity index is 2.40. The van der Waals surface area contributed by atoms with Gasteiger partial charge in [-0.25, -0.2) is 8.42 Å². The van der Waals surface area contributed by atoms with Crippen LogP contribution in [0.25, 0.3) is 11.1 Å². The molecule has 7 nitrogen and oxygen atoms in total. The van der Waals surface area contributed by atoms with Gasteiger partial charge < -0.3 is 19.7 Å². The van der Waals surface area contributed by atoms with Crippen molar-refractivity contribution >= 4 is 9.84 Å². The maximum Gasteiger partial charge on any atom is 0.389 e. The molecule has 0 aliphatic rings. The van der Waals surface area contributed by atoms with Crippen molar-refractivity contribution in [2.24, 2.45) is 0 Å². The van der Waals surface area contributed by atoms with Crippen molar-refractivity contribution in [3.8, 4) is 22.9 Å². The highest BCUT2D eigenvalue weighted by Gasteiger charge is 2.26. The summed E-state index contributed by atoms with van der Waals surface area (Å²) < 4.78 is 71.5. The van der Waals surface area contributed by atoms with Gasteiger partial charge in [0, 0.05) is 23.8 Å². The molecule has 1 heterocycles. The van der Waals surface area contributed by atoms with E-state index in [1.54, 1.807) is 0 Å². The molecule has 0 unspecified atom stereocenters. The summed E-state index contributed by atoms with van der Waals surface area (Å²) in [7, 11) is -3.40. The Morgan fingerprint density at radius 2 is 1.69 bits per heavy atom. The second-order valence-corrected chi connectivity index (χ2v) is 9.94. The number of aromatic nitrogens is 1. The van der Waals surface area contributed by atoms with E-state index in [0.29, 0.717) is 11.1 Å². The Morgan fingerprint density at radius 3 is 2.19 bits per heavy atom. The number of ether oxygens (including phenoxy) is 2. The predicted molar refractivity (Wildman–Crippen MR) is 111 cm³/mol. The van der Waals surface area contributed by atoms with Crippen LogP contribution in [0.3, 0.4) is 0 Å². The van der Waals surface area contributed by atoms with Gasteiger partial charge in [0.15, 0.2) is 9.84 Å². The first-order chi connectivity index (χ1) is 14.7. The number of hydrogen-bond acceptors (Lipinski definition) is 7. The molecule has 178 valence electrons. The quantitative estimate of drug-likeness (QED) is 0.505. The van der Waals surface area contributed by atoms with Gasteiger partial charge in [0.05, 0.1) is 23.7 Å². The zero-order chi connectivity index (χ0) is 24.2. The topological polar surface area (TPSA) is 106 Å². The number of rotatable bonds is 10. The number of benzene rings is 1. The van der Waals surface area contributed by atoms with E-state index in [1.165, 1.54) is 44.2 Å². The van der Waals surface area contributed by atoms with Gasteiger partial charge in [0.25, 0.3) is 0 Å². The molecule has 0 aliphatic carbocycles. The van der Waals surface area contributed by atoms with Gasteiger partial charge in [0.2, 0.25) is 11.8 Å². The molecule has 11 heteroatoms. The van der Waals surface area contributed by atoms with Crippen molar-refractivity contribution < 1.29 is 41.3 Å². The first-order valence-corrected chi connectivity index (χ1v) is 11.6. The Morgan fingerprint density at radius 1 is 1.06 bits per heavy atom. The Hall–Kier alpha value is -2.37. The minimum atomic E-state index is -4.31. The first kappa shape index (κ1) is 25.9. The number of aliphatic hydroxyl groups excluding tert-OH is 1. The molecule has 0 radical (unpaired) electrons. The Labute approximate surface area is 184 Å². The lowest BCUT2D eigenvalue weighted by molar-refractivity contribution is -0.136. The summed E-state index contributed by atoms with van der Waals surface area (Å²) in [6.07, 6.45) is -4.53. The second kappa shape index (κ2) is 10.1. The maximum atomic E-state index is 12.4. The Kier molecular flexibility index (Phi) is 8.13. The molecule has 32 heavy (non-hydrogen) atoms. The number of sulfone groups is 1. The van der Waals surface area contributed by atoms with Gasteiger partial charge in [-0.2, -0.15) is 18.2 Å². The first-order valence-electron chi connectivity index (χ1n) is 9.69. The highest BCUT2D eigenvalue weighted by Crippen LogP contribution is 2.34. The van der Waals surface area contributed by atoms with Crippen LogP contribution < -0.4 is 9.47 Å². The molecule has 1 aromatic heterocycles. The molecule has 0 bridgehead atoms. The van der Waals surface area contributed by atoms with E-state index in [9.17, 15) is 31.8 Å². The predicted octanol–water partition coefficient (Wildman–Crippen LogP) is 3.52. The molecule has 2 aromatic rings. The molecule has 0 spiro atoms. The van der Waals surface area contributed by atoms with Crippen molar-refractivity contribution in [2.75, 3.05) is 19.5 Å². The van der Waals surface area contributed by atoms with E-state index in [0.717, 1.165) is 6.26 Å². The summed E-state index contributed by atoms with van der Waals surface area (Å²) in [5.74, 6) is -0.0702. The highest BCUT2D eigenvalue weighted by atomic mass is 32.2. The zero-order valence-corrected chi connectivity index (χ0v) is 18.8. The lowest BCUT2D eigenvalue weighted by Gasteiger charge is -2.20. The molecule has 1 aromatic carbocycles. The normalized spacial score (nSPS) is 12.6. The number of alkyl halides is 3. The molecular formula is C21H26F3NO6S. The van der Waals surface area contributed by atoms with Crippen molar-refractivity contribution in [3.05, 3.63) is 35.9 Å². The standard InChI is InChI=1S/C21H26F3NO6S/c1-20(2,27)13-31-19-17(14-5-7-16(8-6-14)32(3,28)29)11-15(12-26)18(25-19)30-10-4-9-21(22,23)24/h5-8,11,26-27H,4,9-10,12-13H2,1-3H3. The van der Waals surface area contributed by atoms with E-state index in [4.69, 9.17) is 9.47 Å². The van der Waals surface area contributed by atoms with Gasteiger partial charge in [-0.1, -0.05) is 12.1 Å². The van der Waals surface area contributed by atoms with Crippen LogP contribution >= 0.6 is 0 Å². The van der Waals surface area contributed by atoms with Gasteiger partial charge in [-0.05, 0) is 44.0 Å². The third kappa shape index (κ3) is 7.95. The monoisotopic (exact) mass is 477 g/mol. The van der Waals surface area contributed by atoms with Crippen LogP contribution in [-0.4, -0.2) is 54.9 Å². The van der Waals surface area contributed by atoms with Gasteiger partial charge >= 0.3 is 6.18 Å². The minimum Gasteiger partial charge on any atom is -0.477 e. The lowest BCUT2D eigenvalue weighted by atomic mass is 10.0. The molecule has 0 aliphatic heterocycles. The van der Waals surface area contributed by atoms with Crippen LogP contribution in [0.5, 0.6) is 11.8 Å². The third-order valence-corrected chi connectivity index (χ3v) is 5.32. The fraction of sp³-hybridized carbons (Fsp3) is 0.476. The van der Waals surface area contributed by atoms with E-state index in [1.807, 2.05) is 0 Å². The van der Waals surface area contributed by atoms with E-state index < -0.39 is 34.6 Å². The number of halogens is 3. The van der Waals surface area contributed by atoms with Gasteiger partial charge in [-0.15, -0.1) is 0 Å². The van der Waals surface area contributed by atoms with Gasteiger partial charge in [-0.3, -0.25) is 0 Å². The summed E-state index contributed by atoms with van der Waals surface area (Å²) in [4.78, 5) is 4.32. The van der Waals surface area contributed by atoms with Crippen molar-refractivity contribution in [1.82, 2.24) is 4.98 Å². The largest absolute Gasteiger partial charge is 0.477 e. The lowest BCUT2D eigenvalue weighted by Crippen LogP contribution is -2.28. The molecule has 2 N–H and O–H groups in total. The maximum absolute atomic E-state index is 12.4. The van der Waals surface area contributed by atoms with Crippen LogP contribution in [-0.2, 0) is 16.4 Å². The van der Waals surface area contributed by atoms with Crippen LogP contribution in [0.1, 0.15) is 32.3 Å². The molecule has 0 fully saturated rings. The number of aliphatic hydroxyl groups is 2. The van der Waals surface area contributed by atoms with Crippen molar-refractivity contribution in [1.29, 1.82) is 0 Å². The van der Waals surface area contributed by atoms with Crippen LogP contribution in [0.15, 0.2) is 35.2 Å². The highest BCUT2D eigenvalue weighted by molar-refractivity contribution is 7.90. The molecular weight excluding hydrogens is 451 g/mol. The minimum absolute atomic E-state index is 0.0160. The van der Waals surface area contributed by atoms with E-state index in [2.05, 4.69) is 4.98 Å². The average Bonchev–Trinajstić information content (AvgIpc) is 2.67. The SMILES string of the molecule is CC(C)(O)COc1nc(OCCCC(F)(F)F)c(CO)cc1-c1ccc(S(C)(=O)=O)cc1. The summed E-state index contributed by atoms with van der Waals surface area (Å²) >= 11 is 0. The van der Waals surface area contributed by atoms with E-state index in [-0.39, 0.29) is 41.9 Å². The zero-order valence-electron chi connectivity index (χ0n) is 17.9. The fourth-order valence-electron chi connectivity index (χ4n) is 2.65. The number of hydrogen-bond donors (Lipinski definition) is 2. The molecule has 0 saturated carbocycles. The van der Waals surface area contributed by atoms with Crippen molar-refractivity contribution in [2.45, 2.75) is 50.0 Å². The summed E-state index contributed by atoms with van der Waals surface area (Å²) in [5.41, 5.74) is -0.0765. The van der Waals surface area contributed by atoms with Crippen LogP contribution in [0.4, 0.5) is 13.2 Å². The second-order valence-electron chi connectivity index (χ2n) is 7.93. The molecule has 0 amide bonds. The Bertz CT molecular complexity index is 1020. The van der Waals surface area contributed by atoms with Crippen LogP contribution in [0, 0.1) is 0 Å². The van der Waals surface area contributed by atoms with Gasteiger partial charge in [0.1, 0.15) is 6.61 Å². The third-order valence-electron chi connectivity index (χ3n) is 4.20. The summed E-state index contributed by atoms with van der Waals surface area (Å²) in [5, 5.41) is 19.7.